The zero-order chi connectivity index (χ0) is 20.9. The van der Waals surface area contributed by atoms with E-state index < -0.39 is 11.5 Å². The lowest BCUT2D eigenvalue weighted by atomic mass is 9.96. The van der Waals surface area contributed by atoms with Gasteiger partial charge in [0.05, 0.1) is 31.6 Å². The van der Waals surface area contributed by atoms with E-state index >= 15 is 0 Å². The second kappa shape index (κ2) is 9.55. The molecule has 0 radical (unpaired) electrons. The molecule has 1 saturated heterocycles. The molecule has 4 rings (SSSR count). The molecule has 1 atom stereocenters. The van der Waals surface area contributed by atoms with E-state index in [0.29, 0.717) is 39.5 Å². The zero-order valence-electron chi connectivity index (χ0n) is 17.3. The molecule has 2 aromatic rings. The first-order chi connectivity index (χ1) is 14.6. The number of carbonyl (C=O) groups excluding carboxylic acids is 1. The predicted molar refractivity (Wildman–Crippen MR) is 110 cm³/mol. The lowest BCUT2D eigenvalue weighted by Gasteiger charge is -2.23. The summed E-state index contributed by atoms with van der Waals surface area (Å²) in [6, 6.07) is 3.36. The molecule has 162 valence electrons. The Hall–Kier alpha value is -2.49. The standard InChI is InChI=1S/C21H29N5O4/c1-26(12-19-16-4-2-3-5-18(16)24-25-19)11-14-6-7-17(21(28)23-14)20(27)22-10-15-13-29-8-9-30-15/h6-7,15H,2-5,8-13H2,1H3,(H,22,27)(H,23,28)(H,24,25). The van der Waals surface area contributed by atoms with Crippen molar-refractivity contribution in [2.24, 2.45) is 0 Å². The number of H-pyrrole nitrogens is 2. The minimum absolute atomic E-state index is 0.0968. The third-order valence-electron chi connectivity index (χ3n) is 5.59. The minimum Gasteiger partial charge on any atom is -0.376 e. The smallest absolute Gasteiger partial charge is 0.261 e. The number of ether oxygens (including phenoxy) is 2. The fraction of sp³-hybridized carbons (Fsp3) is 0.571. The number of pyridine rings is 1. The van der Waals surface area contributed by atoms with Crippen molar-refractivity contribution in [3.63, 3.8) is 0 Å². The van der Waals surface area contributed by atoms with Crippen LogP contribution in [-0.2, 0) is 35.4 Å². The summed E-state index contributed by atoms with van der Waals surface area (Å²) >= 11 is 0. The minimum atomic E-state index is -0.409. The number of rotatable bonds is 7. The molecule has 2 aliphatic rings. The number of hydrogen-bond acceptors (Lipinski definition) is 6. The van der Waals surface area contributed by atoms with Gasteiger partial charge in [-0.25, -0.2) is 0 Å². The summed E-state index contributed by atoms with van der Waals surface area (Å²) in [5.41, 5.74) is 4.15. The molecule has 0 saturated carbocycles. The number of aryl methyl sites for hydroxylation is 1. The Morgan fingerprint density at radius 1 is 1.27 bits per heavy atom. The fourth-order valence-corrected chi connectivity index (χ4v) is 4.02. The Morgan fingerprint density at radius 3 is 2.93 bits per heavy atom. The van der Waals surface area contributed by atoms with Crippen molar-refractivity contribution >= 4 is 5.91 Å². The molecule has 9 heteroatoms. The molecular weight excluding hydrogens is 386 g/mol. The van der Waals surface area contributed by atoms with Gasteiger partial charge in [-0.05, 0) is 50.4 Å². The topological polar surface area (TPSA) is 112 Å². The van der Waals surface area contributed by atoms with Crippen molar-refractivity contribution < 1.29 is 14.3 Å². The highest BCUT2D eigenvalue weighted by Crippen LogP contribution is 2.23. The van der Waals surface area contributed by atoms with Crippen LogP contribution in [0.5, 0.6) is 0 Å². The van der Waals surface area contributed by atoms with Crippen molar-refractivity contribution in [1.29, 1.82) is 0 Å². The molecule has 30 heavy (non-hydrogen) atoms. The van der Waals surface area contributed by atoms with E-state index in [1.54, 1.807) is 12.1 Å². The number of amides is 1. The highest BCUT2D eigenvalue weighted by molar-refractivity contribution is 5.93. The lowest BCUT2D eigenvalue weighted by Crippen LogP contribution is -2.41. The van der Waals surface area contributed by atoms with Gasteiger partial charge < -0.3 is 19.8 Å². The van der Waals surface area contributed by atoms with Crippen molar-refractivity contribution in [2.45, 2.75) is 44.9 Å². The molecule has 1 fully saturated rings. The van der Waals surface area contributed by atoms with E-state index in [4.69, 9.17) is 9.47 Å². The molecule has 2 aromatic heterocycles. The first-order valence-electron chi connectivity index (χ1n) is 10.5. The Morgan fingerprint density at radius 2 is 2.13 bits per heavy atom. The molecule has 3 heterocycles. The molecule has 9 nitrogen and oxygen atoms in total. The van der Waals surface area contributed by atoms with Gasteiger partial charge in [0.2, 0.25) is 0 Å². The second-order valence-corrected chi connectivity index (χ2v) is 8.01. The molecular formula is C21H29N5O4. The summed E-state index contributed by atoms with van der Waals surface area (Å²) in [5, 5.41) is 10.4. The van der Waals surface area contributed by atoms with Gasteiger partial charge in [0.25, 0.3) is 11.5 Å². The molecule has 0 aromatic carbocycles. The first kappa shape index (κ1) is 20.8. The Bertz CT molecular complexity index is 932. The quantitative estimate of drug-likeness (QED) is 0.615. The first-order valence-corrected chi connectivity index (χ1v) is 10.5. The van der Waals surface area contributed by atoms with Gasteiger partial charge >= 0.3 is 0 Å². The lowest BCUT2D eigenvalue weighted by molar-refractivity contribution is -0.0855. The maximum atomic E-state index is 12.4. The second-order valence-electron chi connectivity index (χ2n) is 8.01. The Kier molecular flexibility index (Phi) is 6.61. The number of hydrogen-bond donors (Lipinski definition) is 3. The van der Waals surface area contributed by atoms with Gasteiger partial charge in [0.15, 0.2) is 0 Å². The van der Waals surface area contributed by atoms with Crippen LogP contribution in [0.1, 0.15) is 45.8 Å². The Balaban J connectivity index is 1.32. The maximum absolute atomic E-state index is 12.4. The maximum Gasteiger partial charge on any atom is 0.261 e. The van der Waals surface area contributed by atoms with Gasteiger partial charge in [-0.15, -0.1) is 0 Å². The summed E-state index contributed by atoms with van der Waals surface area (Å²) in [5.74, 6) is -0.409. The van der Waals surface area contributed by atoms with Gasteiger partial charge in [-0.3, -0.25) is 19.6 Å². The van der Waals surface area contributed by atoms with E-state index in [-0.39, 0.29) is 11.7 Å². The zero-order valence-corrected chi connectivity index (χ0v) is 17.3. The average molecular weight is 415 g/mol. The van der Waals surface area contributed by atoms with E-state index in [0.717, 1.165) is 24.2 Å². The van der Waals surface area contributed by atoms with Crippen LogP contribution >= 0.6 is 0 Å². The summed E-state index contributed by atoms with van der Waals surface area (Å²) in [6.07, 6.45) is 4.39. The van der Waals surface area contributed by atoms with Gasteiger partial charge in [0.1, 0.15) is 5.56 Å². The van der Waals surface area contributed by atoms with Crippen LogP contribution in [0.25, 0.3) is 0 Å². The van der Waals surface area contributed by atoms with Crippen LogP contribution in [0.4, 0.5) is 0 Å². The van der Waals surface area contributed by atoms with Crippen LogP contribution < -0.4 is 10.9 Å². The highest BCUT2D eigenvalue weighted by atomic mass is 16.6. The molecule has 1 aliphatic carbocycles. The van der Waals surface area contributed by atoms with Crippen LogP contribution in [0.3, 0.4) is 0 Å². The van der Waals surface area contributed by atoms with Crippen molar-refractivity contribution in [1.82, 2.24) is 25.4 Å². The molecule has 0 spiro atoms. The van der Waals surface area contributed by atoms with Gasteiger partial charge in [-0.1, -0.05) is 0 Å². The number of nitrogens with one attached hydrogen (secondary N) is 3. The number of nitrogens with zero attached hydrogens (tertiary/aromatic N) is 2. The third kappa shape index (κ3) is 4.97. The van der Waals surface area contributed by atoms with Crippen LogP contribution in [0.2, 0.25) is 0 Å². The number of aromatic nitrogens is 3. The molecule has 1 aliphatic heterocycles. The van der Waals surface area contributed by atoms with Crippen molar-refractivity contribution in [3.05, 3.63) is 50.7 Å². The monoisotopic (exact) mass is 415 g/mol. The van der Waals surface area contributed by atoms with Crippen LogP contribution in [-0.4, -0.2) is 65.5 Å². The molecule has 3 N–H and O–H groups in total. The third-order valence-corrected chi connectivity index (χ3v) is 5.59. The number of carbonyl (C=O) groups is 1. The normalized spacial score (nSPS) is 18.9. The molecule has 1 amide bonds. The Labute approximate surface area is 175 Å². The number of fused-ring (bicyclic) bond motifs is 1. The van der Waals surface area contributed by atoms with Gasteiger partial charge in [0, 0.05) is 31.0 Å². The molecule has 0 bridgehead atoms. The van der Waals surface area contributed by atoms with Crippen LogP contribution in [0, 0.1) is 0 Å². The highest BCUT2D eigenvalue weighted by Gasteiger charge is 2.19. The van der Waals surface area contributed by atoms with E-state index in [2.05, 4.69) is 25.4 Å². The molecule has 1 unspecified atom stereocenters. The summed E-state index contributed by atoms with van der Waals surface area (Å²) in [6.45, 7) is 3.12. The average Bonchev–Trinajstić information content (AvgIpc) is 3.15. The summed E-state index contributed by atoms with van der Waals surface area (Å²) in [7, 11) is 2.00. The van der Waals surface area contributed by atoms with Crippen molar-refractivity contribution in [2.75, 3.05) is 33.4 Å². The number of aromatic amines is 2. The fourth-order valence-electron chi connectivity index (χ4n) is 4.02. The largest absolute Gasteiger partial charge is 0.376 e. The SMILES string of the molecule is CN(Cc1ccc(C(=O)NCC2COCCO2)c(=O)[nH]1)Cc1n[nH]c2c1CCCC2. The van der Waals surface area contributed by atoms with E-state index in [1.807, 2.05) is 7.05 Å². The van der Waals surface area contributed by atoms with E-state index in [1.165, 1.54) is 24.1 Å². The van der Waals surface area contributed by atoms with E-state index in [9.17, 15) is 9.59 Å². The summed E-state index contributed by atoms with van der Waals surface area (Å²) < 4.78 is 10.8. The van der Waals surface area contributed by atoms with Crippen LogP contribution in [0.15, 0.2) is 16.9 Å². The summed E-state index contributed by atoms with van der Waals surface area (Å²) in [4.78, 5) is 29.7. The van der Waals surface area contributed by atoms with Crippen molar-refractivity contribution in [3.8, 4) is 0 Å². The predicted octanol–water partition coefficient (Wildman–Crippen LogP) is 0.754. The van der Waals surface area contributed by atoms with Gasteiger partial charge in [-0.2, -0.15) is 5.10 Å².